The molecule has 48 heavy (non-hydrogen) atoms. The zero-order valence-corrected chi connectivity index (χ0v) is 32.6. The van der Waals surface area contributed by atoms with Crippen molar-refractivity contribution in [2.75, 3.05) is 47.5 Å². The molecule has 0 heterocycles. The number of rotatable bonds is 35. The van der Waals surface area contributed by atoms with Gasteiger partial charge in [0.1, 0.15) is 19.8 Å². The highest BCUT2D eigenvalue weighted by Gasteiger charge is 2.21. The van der Waals surface area contributed by atoms with Gasteiger partial charge in [0.2, 0.25) is 0 Å². The number of quaternary nitrogens is 1. The van der Waals surface area contributed by atoms with Crippen LogP contribution in [0.1, 0.15) is 168 Å². The predicted octanol–water partition coefficient (Wildman–Crippen LogP) is 9.61. The molecule has 0 aliphatic heterocycles. The number of likely N-dealkylation sites (N-methyl/N-ethyl adjacent to an activating group) is 1. The monoisotopic (exact) mass is 704 g/mol. The number of carbonyl (C=O) groups is 2. The molecule has 0 aromatic rings. The van der Waals surface area contributed by atoms with E-state index in [1.807, 2.05) is 21.1 Å². The van der Waals surface area contributed by atoms with Gasteiger partial charge in [-0.15, -0.1) is 0 Å². The zero-order valence-electron chi connectivity index (χ0n) is 31.7. The third-order valence-electron chi connectivity index (χ3n) is 8.29. The van der Waals surface area contributed by atoms with Crippen molar-refractivity contribution in [3.63, 3.8) is 0 Å². The van der Waals surface area contributed by atoms with Crippen molar-refractivity contribution in [1.29, 1.82) is 0 Å². The van der Waals surface area contributed by atoms with Gasteiger partial charge in [0.25, 0.3) is 7.82 Å². The first-order valence-corrected chi connectivity index (χ1v) is 20.9. The molecule has 284 valence electrons. The third kappa shape index (κ3) is 34.6. The van der Waals surface area contributed by atoms with Crippen LogP contribution in [-0.2, 0) is 32.7 Å². The molecule has 0 aliphatic carbocycles. The van der Waals surface area contributed by atoms with Crippen LogP contribution in [0, 0.1) is 0 Å². The minimum absolute atomic E-state index is 0.0298. The molecule has 10 heteroatoms. The summed E-state index contributed by atoms with van der Waals surface area (Å²) in [6.07, 6.45) is 29.5. The standard InChI is InChI=1S/C38H74NO8P/c1-6-8-10-12-14-16-17-18-19-20-21-23-25-27-29-31-38(41)47-36(35-46-48(42,43)45-33-32-39(3,4)5)34-44-37(40)30-28-26-24-22-15-13-11-9-7-2/h18-19,36H,6-17,20-35H2,1-5H3/b19-18+/t36-/m1/s1. The number of hydrogen-bond acceptors (Lipinski definition) is 8. The van der Waals surface area contributed by atoms with Crippen molar-refractivity contribution in [2.24, 2.45) is 0 Å². The molecule has 0 aliphatic rings. The van der Waals surface area contributed by atoms with E-state index in [4.69, 9.17) is 18.5 Å². The highest BCUT2D eigenvalue weighted by atomic mass is 31.2. The highest BCUT2D eigenvalue weighted by molar-refractivity contribution is 7.45. The fourth-order valence-electron chi connectivity index (χ4n) is 5.18. The first kappa shape index (κ1) is 46.8. The van der Waals surface area contributed by atoms with Gasteiger partial charge in [-0.25, -0.2) is 0 Å². The molecule has 0 amide bonds. The van der Waals surface area contributed by atoms with E-state index >= 15 is 0 Å². The van der Waals surface area contributed by atoms with Crippen molar-refractivity contribution >= 4 is 19.8 Å². The fourth-order valence-corrected chi connectivity index (χ4v) is 5.91. The summed E-state index contributed by atoms with van der Waals surface area (Å²) in [5.41, 5.74) is 0. The van der Waals surface area contributed by atoms with Crippen LogP contribution in [0.3, 0.4) is 0 Å². The highest BCUT2D eigenvalue weighted by Crippen LogP contribution is 2.38. The lowest BCUT2D eigenvalue weighted by molar-refractivity contribution is -0.870. The Balaban J connectivity index is 4.42. The Morgan fingerprint density at radius 2 is 1.06 bits per heavy atom. The summed E-state index contributed by atoms with van der Waals surface area (Å²) in [4.78, 5) is 37.2. The molecular formula is C38H74NO8P. The van der Waals surface area contributed by atoms with E-state index in [1.54, 1.807) is 0 Å². The van der Waals surface area contributed by atoms with E-state index in [9.17, 15) is 19.0 Å². The molecule has 0 N–H and O–H groups in total. The van der Waals surface area contributed by atoms with Gasteiger partial charge in [-0.2, -0.15) is 0 Å². The Morgan fingerprint density at radius 1 is 0.625 bits per heavy atom. The van der Waals surface area contributed by atoms with Crippen LogP contribution < -0.4 is 4.89 Å². The van der Waals surface area contributed by atoms with Crippen LogP contribution in [0.25, 0.3) is 0 Å². The average molecular weight is 704 g/mol. The van der Waals surface area contributed by atoms with E-state index in [-0.39, 0.29) is 32.0 Å². The molecule has 0 rings (SSSR count). The SMILES string of the molecule is CCCCCCCC/C=C/CCCCCCCC(=O)O[C@H](COC(=O)CCCCCCCCCCC)COP(=O)([O-])OCC[N+](C)(C)C. The minimum Gasteiger partial charge on any atom is -0.756 e. The Kier molecular flexibility index (Phi) is 30.9. The van der Waals surface area contributed by atoms with Gasteiger partial charge in [-0.1, -0.05) is 129 Å². The summed E-state index contributed by atoms with van der Waals surface area (Å²) >= 11 is 0. The maximum Gasteiger partial charge on any atom is 0.306 e. The Morgan fingerprint density at radius 3 is 1.54 bits per heavy atom. The topological polar surface area (TPSA) is 111 Å². The average Bonchev–Trinajstić information content (AvgIpc) is 3.02. The van der Waals surface area contributed by atoms with Crippen LogP contribution in [0.2, 0.25) is 0 Å². The van der Waals surface area contributed by atoms with Crippen molar-refractivity contribution in [3.05, 3.63) is 12.2 Å². The number of carbonyl (C=O) groups excluding carboxylic acids is 2. The smallest absolute Gasteiger partial charge is 0.306 e. The van der Waals surface area contributed by atoms with Crippen molar-refractivity contribution in [2.45, 2.75) is 174 Å². The molecular weight excluding hydrogens is 629 g/mol. The lowest BCUT2D eigenvalue weighted by Crippen LogP contribution is -2.37. The second kappa shape index (κ2) is 31.7. The second-order valence-corrected chi connectivity index (χ2v) is 15.7. The Hall–Kier alpha value is -1.25. The molecule has 0 aromatic heterocycles. The summed E-state index contributed by atoms with van der Waals surface area (Å²) in [7, 11) is 1.16. The van der Waals surface area contributed by atoms with E-state index in [0.717, 1.165) is 51.4 Å². The quantitative estimate of drug-likeness (QED) is 0.0211. The lowest BCUT2D eigenvalue weighted by Gasteiger charge is -2.28. The fraction of sp³-hybridized carbons (Fsp3) is 0.895. The van der Waals surface area contributed by atoms with Gasteiger partial charge in [0.15, 0.2) is 6.10 Å². The molecule has 1 unspecified atom stereocenters. The van der Waals surface area contributed by atoms with Gasteiger partial charge in [0.05, 0.1) is 27.7 Å². The number of esters is 2. The normalized spacial score (nSPS) is 13.9. The van der Waals surface area contributed by atoms with Gasteiger partial charge in [-0.3, -0.25) is 14.2 Å². The minimum atomic E-state index is -4.61. The summed E-state index contributed by atoms with van der Waals surface area (Å²) < 4.78 is 33.7. The first-order valence-electron chi connectivity index (χ1n) is 19.4. The van der Waals surface area contributed by atoms with Crippen molar-refractivity contribution < 1.29 is 42.1 Å². The molecule has 0 saturated carbocycles. The number of ether oxygens (including phenoxy) is 2. The van der Waals surface area contributed by atoms with E-state index in [1.165, 1.54) is 83.5 Å². The molecule has 0 bridgehead atoms. The zero-order chi connectivity index (χ0) is 35.8. The maximum absolute atomic E-state index is 12.6. The lowest BCUT2D eigenvalue weighted by atomic mass is 10.1. The van der Waals surface area contributed by atoms with Gasteiger partial charge < -0.3 is 27.9 Å². The molecule has 0 radical (unpaired) electrons. The van der Waals surface area contributed by atoms with Crippen LogP contribution in [0.15, 0.2) is 12.2 Å². The third-order valence-corrected chi connectivity index (χ3v) is 9.25. The molecule has 2 atom stereocenters. The summed E-state index contributed by atoms with van der Waals surface area (Å²) in [6, 6.07) is 0. The van der Waals surface area contributed by atoms with Gasteiger partial charge >= 0.3 is 11.9 Å². The molecule has 9 nitrogen and oxygen atoms in total. The number of nitrogens with zero attached hydrogens (tertiary/aromatic N) is 1. The number of phosphoric ester groups is 1. The second-order valence-electron chi connectivity index (χ2n) is 14.3. The predicted molar refractivity (Wildman–Crippen MR) is 195 cm³/mol. The van der Waals surface area contributed by atoms with Crippen molar-refractivity contribution in [3.8, 4) is 0 Å². The summed E-state index contributed by atoms with van der Waals surface area (Å²) in [6.45, 7) is 4.18. The molecule has 0 saturated heterocycles. The van der Waals surface area contributed by atoms with Crippen LogP contribution >= 0.6 is 7.82 Å². The number of allylic oxidation sites excluding steroid dienone is 2. The largest absolute Gasteiger partial charge is 0.756 e. The van der Waals surface area contributed by atoms with E-state index in [0.29, 0.717) is 17.4 Å². The van der Waals surface area contributed by atoms with Crippen LogP contribution in [0.5, 0.6) is 0 Å². The number of hydrogen-bond donors (Lipinski definition) is 0. The molecule has 0 fully saturated rings. The van der Waals surface area contributed by atoms with Crippen molar-refractivity contribution in [1.82, 2.24) is 0 Å². The summed E-state index contributed by atoms with van der Waals surface area (Å²) in [5, 5.41) is 0. The molecule has 0 spiro atoms. The molecule has 0 aromatic carbocycles. The van der Waals surface area contributed by atoms with E-state index in [2.05, 4.69) is 26.0 Å². The maximum atomic E-state index is 12.6. The van der Waals surface area contributed by atoms with E-state index < -0.39 is 26.5 Å². The Labute approximate surface area is 295 Å². The van der Waals surface area contributed by atoms with Gasteiger partial charge in [-0.05, 0) is 38.5 Å². The number of unbranched alkanes of at least 4 members (excludes halogenated alkanes) is 19. The Bertz CT molecular complexity index is 845. The summed E-state index contributed by atoms with van der Waals surface area (Å²) in [5.74, 6) is -0.844. The first-order chi connectivity index (χ1) is 23.0. The van der Waals surface area contributed by atoms with Crippen LogP contribution in [-0.4, -0.2) is 70.0 Å². The van der Waals surface area contributed by atoms with Gasteiger partial charge in [0, 0.05) is 12.8 Å². The number of phosphoric acid groups is 1. The van der Waals surface area contributed by atoms with Crippen LogP contribution in [0.4, 0.5) is 0 Å².